The normalized spacial score (nSPS) is 16.0. The average molecular weight is 188 g/mol. The molecule has 0 unspecified atom stereocenters. The van der Waals surface area contributed by atoms with Crippen LogP contribution >= 0.6 is 0 Å². The van der Waals surface area contributed by atoms with Gasteiger partial charge in [-0.2, -0.15) is 0 Å². The quantitative estimate of drug-likeness (QED) is 0.542. The lowest BCUT2D eigenvalue weighted by Crippen LogP contribution is -2.22. The summed E-state index contributed by atoms with van der Waals surface area (Å²) >= 11 is 0. The second-order valence-electron chi connectivity index (χ2n) is 4.25. The molecule has 72 valence electrons. The van der Waals surface area contributed by atoms with E-state index in [-0.39, 0.29) is 6.10 Å². The summed E-state index contributed by atoms with van der Waals surface area (Å²) in [6.45, 7) is 10.2. The van der Waals surface area contributed by atoms with E-state index in [1.54, 1.807) is 13.2 Å². The van der Waals surface area contributed by atoms with Crippen molar-refractivity contribution in [3.8, 4) is 0 Å². The molecule has 2 nitrogen and oxygen atoms in total. The van der Waals surface area contributed by atoms with Crippen LogP contribution in [-0.2, 0) is 4.43 Å². The van der Waals surface area contributed by atoms with E-state index in [9.17, 15) is 0 Å². The first kappa shape index (κ1) is 11.7. The Bertz CT molecular complexity index is 156. The Kier molecular flexibility index (Phi) is 4.56. The molecular weight excluding hydrogens is 168 g/mol. The van der Waals surface area contributed by atoms with Gasteiger partial charge in [0.1, 0.15) is 0 Å². The minimum Gasteiger partial charge on any atom is -0.550 e. The zero-order chi connectivity index (χ0) is 9.78. The van der Waals surface area contributed by atoms with Gasteiger partial charge in [0.2, 0.25) is 8.32 Å². The molecule has 0 fully saturated rings. The summed E-state index contributed by atoms with van der Waals surface area (Å²) in [4.78, 5) is 0. The van der Waals surface area contributed by atoms with Gasteiger partial charge in [0.25, 0.3) is 0 Å². The van der Waals surface area contributed by atoms with Crippen LogP contribution in [0.1, 0.15) is 20.3 Å². The van der Waals surface area contributed by atoms with E-state index in [1.807, 2.05) is 6.92 Å². The fourth-order valence-electron chi connectivity index (χ4n) is 0.791. The highest BCUT2D eigenvalue weighted by molar-refractivity contribution is 6.69. The average Bonchev–Trinajstić information content (AvgIpc) is 1.80. The molecule has 0 aliphatic carbocycles. The lowest BCUT2D eigenvalue weighted by atomic mass is 10.2. The summed E-state index contributed by atoms with van der Waals surface area (Å²) < 4.78 is 5.56. The van der Waals surface area contributed by atoms with Gasteiger partial charge in [-0.25, -0.2) is 0 Å². The predicted octanol–water partition coefficient (Wildman–Crippen LogP) is 2.51. The fourth-order valence-corrected chi connectivity index (χ4v) is 1.35. The topological polar surface area (TPSA) is 29.5 Å². The van der Waals surface area contributed by atoms with Crippen LogP contribution < -0.4 is 0 Å². The molecule has 0 rings (SSSR count). The zero-order valence-electron chi connectivity index (χ0n) is 8.72. The van der Waals surface area contributed by atoms with Crippen molar-refractivity contribution in [2.45, 2.75) is 46.0 Å². The molecule has 1 atom stereocenters. The molecule has 0 aliphatic heterocycles. The van der Waals surface area contributed by atoms with Crippen LogP contribution in [0.3, 0.4) is 0 Å². The number of hydrogen-bond donors (Lipinski definition) is 1. The van der Waals surface area contributed by atoms with E-state index < -0.39 is 8.32 Å². The highest BCUT2D eigenvalue weighted by atomic mass is 28.4. The number of rotatable bonds is 4. The van der Waals surface area contributed by atoms with Gasteiger partial charge in [-0.15, -0.1) is 0 Å². The summed E-state index contributed by atoms with van der Waals surface area (Å²) in [6.07, 6.45) is 2.22. The molecule has 0 saturated heterocycles. The van der Waals surface area contributed by atoms with Crippen LogP contribution in [0.25, 0.3) is 0 Å². The highest BCUT2D eigenvalue weighted by Gasteiger charge is 2.13. The zero-order valence-corrected chi connectivity index (χ0v) is 9.72. The van der Waals surface area contributed by atoms with E-state index in [0.29, 0.717) is 6.42 Å². The Morgan fingerprint density at radius 2 is 2.00 bits per heavy atom. The summed E-state index contributed by atoms with van der Waals surface area (Å²) in [5, 5.41) is 9.07. The van der Waals surface area contributed by atoms with Crippen LogP contribution in [0.15, 0.2) is 11.8 Å². The van der Waals surface area contributed by atoms with Gasteiger partial charge >= 0.3 is 0 Å². The van der Waals surface area contributed by atoms with Gasteiger partial charge < -0.3 is 9.53 Å². The van der Waals surface area contributed by atoms with E-state index in [4.69, 9.17) is 9.53 Å². The molecule has 0 aromatic rings. The van der Waals surface area contributed by atoms with Crippen molar-refractivity contribution >= 4 is 8.32 Å². The van der Waals surface area contributed by atoms with E-state index in [0.717, 1.165) is 5.57 Å². The standard InChI is InChI=1S/C9H20O2Si/c1-8(6-9(2)10)7-11-12(3,4)5/h7,9-10H,6H2,1-5H3/t9-/m1/s1. The maximum Gasteiger partial charge on any atom is 0.241 e. The molecule has 0 radical (unpaired) electrons. The third kappa shape index (κ3) is 7.82. The number of aliphatic hydroxyl groups excluding tert-OH is 1. The van der Waals surface area contributed by atoms with Crippen molar-refractivity contribution in [1.29, 1.82) is 0 Å². The summed E-state index contributed by atoms with van der Waals surface area (Å²) in [5.41, 5.74) is 1.10. The molecule has 0 amide bonds. The first-order valence-corrected chi connectivity index (χ1v) is 7.73. The van der Waals surface area contributed by atoms with Gasteiger partial charge in [-0.1, -0.05) is 0 Å². The van der Waals surface area contributed by atoms with Gasteiger partial charge in [0, 0.05) is 0 Å². The molecule has 0 aromatic carbocycles. The van der Waals surface area contributed by atoms with Crippen LogP contribution in [-0.4, -0.2) is 19.5 Å². The molecule has 0 aromatic heterocycles. The monoisotopic (exact) mass is 188 g/mol. The second kappa shape index (κ2) is 4.67. The molecule has 0 aliphatic rings. The van der Waals surface area contributed by atoms with Crippen LogP contribution in [0, 0.1) is 0 Å². The third-order valence-corrected chi connectivity index (χ3v) is 2.06. The third-order valence-electron chi connectivity index (χ3n) is 1.23. The lowest BCUT2D eigenvalue weighted by Gasteiger charge is -2.16. The van der Waals surface area contributed by atoms with Crippen molar-refractivity contribution in [3.63, 3.8) is 0 Å². The van der Waals surface area contributed by atoms with Gasteiger partial charge in [-0.05, 0) is 45.5 Å². The van der Waals surface area contributed by atoms with Crippen molar-refractivity contribution in [1.82, 2.24) is 0 Å². The Labute approximate surface area is 76.4 Å². The van der Waals surface area contributed by atoms with Crippen LogP contribution in [0.5, 0.6) is 0 Å². The Hall–Kier alpha value is -0.283. The second-order valence-corrected chi connectivity index (χ2v) is 8.71. The molecule has 0 saturated carbocycles. The van der Waals surface area contributed by atoms with Crippen molar-refractivity contribution in [2.24, 2.45) is 0 Å². The lowest BCUT2D eigenvalue weighted by molar-refractivity contribution is 0.194. The first-order valence-electron chi connectivity index (χ1n) is 4.33. The van der Waals surface area contributed by atoms with Crippen molar-refractivity contribution in [3.05, 3.63) is 11.8 Å². The molecule has 0 spiro atoms. The van der Waals surface area contributed by atoms with Gasteiger partial charge in [-0.3, -0.25) is 0 Å². The van der Waals surface area contributed by atoms with Crippen molar-refractivity contribution in [2.75, 3.05) is 0 Å². The molecule has 3 heteroatoms. The maximum absolute atomic E-state index is 9.07. The van der Waals surface area contributed by atoms with E-state index in [1.165, 1.54) is 0 Å². The summed E-state index contributed by atoms with van der Waals surface area (Å²) in [7, 11) is -1.43. The highest BCUT2D eigenvalue weighted by Crippen LogP contribution is 2.08. The van der Waals surface area contributed by atoms with Crippen LogP contribution in [0.2, 0.25) is 19.6 Å². The fraction of sp³-hybridized carbons (Fsp3) is 0.778. The summed E-state index contributed by atoms with van der Waals surface area (Å²) in [5.74, 6) is 0. The SMILES string of the molecule is CC(=CO[Si](C)(C)C)C[C@@H](C)O. The minimum absolute atomic E-state index is 0.272. The Balaban J connectivity index is 3.85. The molecular formula is C9H20O2Si. The smallest absolute Gasteiger partial charge is 0.241 e. The van der Waals surface area contributed by atoms with Crippen molar-refractivity contribution < 1.29 is 9.53 Å². The Morgan fingerprint density at radius 1 is 1.50 bits per heavy atom. The molecule has 0 bridgehead atoms. The largest absolute Gasteiger partial charge is 0.550 e. The number of hydrogen-bond acceptors (Lipinski definition) is 2. The summed E-state index contributed by atoms with van der Waals surface area (Å²) in [6, 6.07) is 0. The molecule has 1 N–H and O–H groups in total. The van der Waals surface area contributed by atoms with E-state index >= 15 is 0 Å². The maximum atomic E-state index is 9.07. The predicted molar refractivity (Wildman–Crippen MR) is 54.5 cm³/mol. The minimum atomic E-state index is -1.43. The van der Waals surface area contributed by atoms with E-state index in [2.05, 4.69) is 19.6 Å². The first-order chi connectivity index (χ1) is 5.31. The Morgan fingerprint density at radius 3 is 2.33 bits per heavy atom. The van der Waals surface area contributed by atoms with Crippen LogP contribution in [0.4, 0.5) is 0 Å². The molecule has 12 heavy (non-hydrogen) atoms. The number of aliphatic hydroxyl groups is 1. The molecule has 0 heterocycles. The van der Waals surface area contributed by atoms with Gasteiger partial charge in [0.05, 0.1) is 12.4 Å². The van der Waals surface area contributed by atoms with Gasteiger partial charge in [0.15, 0.2) is 0 Å².